The van der Waals surface area contributed by atoms with Crippen molar-refractivity contribution in [1.82, 2.24) is 24.9 Å². The van der Waals surface area contributed by atoms with Crippen LogP contribution in [0.15, 0.2) is 42.7 Å². The molecule has 32 heavy (non-hydrogen) atoms. The molecular weight excluding hydrogens is 406 g/mol. The van der Waals surface area contributed by atoms with Gasteiger partial charge < -0.3 is 20.6 Å². The van der Waals surface area contributed by atoms with E-state index in [2.05, 4.69) is 39.5 Å². The largest absolute Gasteiger partial charge is 0.618 e. The Morgan fingerprint density at radius 1 is 1.28 bits per heavy atom. The summed E-state index contributed by atoms with van der Waals surface area (Å²) in [5, 5.41) is 24.3. The van der Waals surface area contributed by atoms with Crippen molar-refractivity contribution >= 4 is 22.5 Å². The quantitative estimate of drug-likeness (QED) is 0.356. The smallest absolute Gasteiger partial charge is 0.322 e. The first-order valence-corrected chi connectivity index (χ1v) is 11.1. The first-order chi connectivity index (χ1) is 15.6. The van der Waals surface area contributed by atoms with E-state index >= 15 is 0 Å². The Hall–Kier alpha value is -3.46. The lowest BCUT2D eigenvalue weighted by Crippen LogP contribution is -2.37. The van der Waals surface area contributed by atoms with Crippen LogP contribution in [0.2, 0.25) is 0 Å². The first-order valence-electron chi connectivity index (χ1n) is 11.1. The highest BCUT2D eigenvalue weighted by Gasteiger charge is 2.20. The van der Waals surface area contributed by atoms with Crippen molar-refractivity contribution in [2.45, 2.75) is 45.3 Å². The molecule has 3 aromatic heterocycles. The van der Waals surface area contributed by atoms with Crippen LogP contribution in [0.4, 0.5) is 5.95 Å². The van der Waals surface area contributed by atoms with Gasteiger partial charge in [0.25, 0.3) is 0 Å². The van der Waals surface area contributed by atoms with Gasteiger partial charge in [-0.3, -0.25) is 0 Å². The Morgan fingerprint density at radius 2 is 2.19 bits per heavy atom. The molecule has 2 N–H and O–H groups in total. The number of anilines is 1. The number of ether oxygens (including phenoxy) is 1. The highest BCUT2D eigenvalue weighted by Crippen LogP contribution is 2.24. The van der Waals surface area contributed by atoms with Crippen molar-refractivity contribution in [2.24, 2.45) is 0 Å². The molecule has 1 unspecified atom stereocenters. The van der Waals surface area contributed by atoms with Gasteiger partial charge in [-0.1, -0.05) is 26.0 Å². The summed E-state index contributed by atoms with van der Waals surface area (Å²) in [7, 11) is 0. The van der Waals surface area contributed by atoms with Crippen molar-refractivity contribution in [1.29, 1.82) is 0 Å². The van der Waals surface area contributed by atoms with E-state index in [-0.39, 0.29) is 12.0 Å². The number of hydrogen-bond donors (Lipinski definition) is 2. The maximum absolute atomic E-state index is 12.1. The standard InChI is InChI=1S/C23H27N7O2/c1-15(2)19-14-26-30-21(19)27-23(32-17-7-4-10-24-13-17)28-22(30)25-12-16-6-3-9-20-18(16)8-5-11-29(20)31/h3,5-6,8-9,11,14-15,17,24H,4,7,10,12-13H2,1-2H3,(H,25,27,28). The zero-order valence-electron chi connectivity index (χ0n) is 18.3. The Kier molecular flexibility index (Phi) is 5.48. The summed E-state index contributed by atoms with van der Waals surface area (Å²) in [6, 6.07) is 9.77. The molecule has 0 radical (unpaired) electrons. The van der Waals surface area contributed by atoms with Crippen LogP contribution < -0.4 is 20.1 Å². The number of rotatable bonds is 6. The molecule has 4 aromatic rings. The van der Waals surface area contributed by atoms with Crippen molar-refractivity contribution < 1.29 is 9.47 Å². The summed E-state index contributed by atoms with van der Waals surface area (Å²) in [5.41, 5.74) is 3.41. The molecule has 1 atom stereocenters. The molecule has 1 aromatic carbocycles. The van der Waals surface area contributed by atoms with E-state index in [1.165, 1.54) is 6.20 Å². The second-order valence-corrected chi connectivity index (χ2v) is 8.44. The predicted molar refractivity (Wildman–Crippen MR) is 122 cm³/mol. The van der Waals surface area contributed by atoms with Crippen LogP contribution in [0, 0.1) is 5.21 Å². The Morgan fingerprint density at radius 3 is 3.00 bits per heavy atom. The normalized spacial score (nSPS) is 16.7. The number of benzene rings is 1. The van der Waals surface area contributed by atoms with Gasteiger partial charge in [-0.2, -0.15) is 24.3 Å². The van der Waals surface area contributed by atoms with Gasteiger partial charge in [-0.05, 0) is 36.9 Å². The Labute approximate surface area is 186 Å². The minimum atomic E-state index is 0.0510. The summed E-state index contributed by atoms with van der Waals surface area (Å²) in [6.45, 7) is 6.52. The fourth-order valence-electron chi connectivity index (χ4n) is 4.13. The Bertz CT molecular complexity index is 1250. The molecule has 166 valence electrons. The fourth-order valence-corrected chi connectivity index (χ4v) is 4.13. The fraction of sp³-hybridized carbons (Fsp3) is 0.391. The molecule has 9 nitrogen and oxygen atoms in total. The maximum Gasteiger partial charge on any atom is 0.322 e. The average molecular weight is 434 g/mol. The molecule has 1 fully saturated rings. The van der Waals surface area contributed by atoms with Gasteiger partial charge in [0.05, 0.1) is 11.6 Å². The topological polar surface area (TPSA) is 103 Å². The summed E-state index contributed by atoms with van der Waals surface area (Å²) in [4.78, 5) is 9.32. The number of hydrogen-bond acceptors (Lipinski definition) is 7. The number of nitrogens with one attached hydrogen (secondary N) is 2. The van der Waals surface area contributed by atoms with Crippen molar-refractivity contribution in [3.8, 4) is 6.01 Å². The first kappa shape index (κ1) is 20.4. The van der Waals surface area contributed by atoms with E-state index in [0.717, 1.165) is 52.8 Å². The van der Waals surface area contributed by atoms with Gasteiger partial charge >= 0.3 is 6.01 Å². The van der Waals surface area contributed by atoms with Crippen LogP contribution in [0.5, 0.6) is 6.01 Å². The number of aromatic nitrogens is 5. The van der Waals surface area contributed by atoms with Crippen LogP contribution in [-0.2, 0) is 6.54 Å². The van der Waals surface area contributed by atoms with Gasteiger partial charge in [-0.25, -0.2) is 0 Å². The summed E-state index contributed by atoms with van der Waals surface area (Å²) in [5.74, 6) is 0.827. The molecule has 0 saturated carbocycles. The molecule has 0 aliphatic carbocycles. The molecule has 1 aliphatic heterocycles. The van der Waals surface area contributed by atoms with E-state index < -0.39 is 0 Å². The molecule has 0 spiro atoms. The van der Waals surface area contributed by atoms with E-state index in [1.54, 1.807) is 10.6 Å². The van der Waals surface area contributed by atoms with Gasteiger partial charge in [-0.15, -0.1) is 0 Å². The number of fused-ring (bicyclic) bond motifs is 2. The van der Waals surface area contributed by atoms with E-state index in [4.69, 9.17) is 4.74 Å². The third-order valence-corrected chi connectivity index (χ3v) is 5.85. The zero-order chi connectivity index (χ0) is 22.1. The molecule has 1 saturated heterocycles. The van der Waals surface area contributed by atoms with Gasteiger partial charge in [0, 0.05) is 30.8 Å². The number of pyridine rings is 1. The second-order valence-electron chi connectivity index (χ2n) is 8.44. The van der Waals surface area contributed by atoms with Crippen LogP contribution in [0.25, 0.3) is 16.6 Å². The third-order valence-electron chi connectivity index (χ3n) is 5.85. The maximum atomic E-state index is 12.1. The SMILES string of the molecule is CC(C)c1cnn2c(NCc3cccc4c3ccc[n+]4[O-])nc(OC3CCCNC3)nc12. The number of nitrogens with zero attached hydrogens (tertiary/aromatic N) is 5. The van der Waals surface area contributed by atoms with Gasteiger partial charge in [0.15, 0.2) is 11.8 Å². The summed E-state index contributed by atoms with van der Waals surface area (Å²) in [6.07, 6.45) is 5.45. The summed E-state index contributed by atoms with van der Waals surface area (Å²) < 4.78 is 8.74. The lowest BCUT2D eigenvalue weighted by atomic mass is 10.1. The second kappa shape index (κ2) is 8.58. The van der Waals surface area contributed by atoms with E-state index in [1.807, 2.05) is 30.5 Å². The minimum absolute atomic E-state index is 0.0510. The monoisotopic (exact) mass is 433 g/mol. The molecule has 9 heteroatoms. The average Bonchev–Trinajstić information content (AvgIpc) is 3.23. The van der Waals surface area contributed by atoms with Gasteiger partial charge in [0.2, 0.25) is 11.5 Å². The highest BCUT2D eigenvalue weighted by molar-refractivity contribution is 5.79. The summed E-state index contributed by atoms with van der Waals surface area (Å²) >= 11 is 0. The lowest BCUT2D eigenvalue weighted by Gasteiger charge is -2.23. The Balaban J connectivity index is 1.49. The third kappa shape index (κ3) is 3.91. The van der Waals surface area contributed by atoms with Crippen molar-refractivity contribution in [3.05, 3.63) is 59.1 Å². The van der Waals surface area contributed by atoms with Crippen LogP contribution in [0.3, 0.4) is 0 Å². The predicted octanol–water partition coefficient (Wildman–Crippen LogP) is 2.78. The van der Waals surface area contributed by atoms with Gasteiger partial charge in [0.1, 0.15) is 6.10 Å². The van der Waals surface area contributed by atoms with Crippen molar-refractivity contribution in [3.63, 3.8) is 0 Å². The molecule has 1 aliphatic rings. The molecule has 0 amide bonds. The number of piperidine rings is 1. The molecule has 4 heterocycles. The van der Waals surface area contributed by atoms with Crippen LogP contribution in [0.1, 0.15) is 43.7 Å². The highest BCUT2D eigenvalue weighted by atomic mass is 16.5. The minimum Gasteiger partial charge on any atom is -0.618 e. The van der Waals surface area contributed by atoms with Crippen LogP contribution in [-0.4, -0.2) is 38.8 Å². The zero-order valence-corrected chi connectivity index (χ0v) is 18.3. The molecule has 0 bridgehead atoms. The van der Waals surface area contributed by atoms with E-state index in [9.17, 15) is 5.21 Å². The molecule has 5 rings (SSSR count). The van der Waals surface area contributed by atoms with E-state index in [0.29, 0.717) is 24.0 Å². The lowest BCUT2D eigenvalue weighted by molar-refractivity contribution is -0.577. The van der Waals surface area contributed by atoms with Crippen molar-refractivity contribution in [2.75, 3.05) is 18.4 Å². The van der Waals surface area contributed by atoms with Crippen LogP contribution >= 0.6 is 0 Å². The molecular formula is C23H27N7O2.